The van der Waals surface area contributed by atoms with Crippen molar-refractivity contribution >= 4 is 5.65 Å². The van der Waals surface area contributed by atoms with E-state index in [-0.39, 0.29) is 18.3 Å². The Morgan fingerprint density at radius 1 is 1.03 bits per heavy atom. The lowest BCUT2D eigenvalue weighted by Crippen LogP contribution is -2.14. The molecule has 5 aromatic rings. The summed E-state index contributed by atoms with van der Waals surface area (Å²) in [5, 5.41) is 14.6. The van der Waals surface area contributed by atoms with Crippen molar-refractivity contribution in [2.75, 3.05) is 0 Å². The van der Waals surface area contributed by atoms with E-state index in [1.807, 2.05) is 55.5 Å². The first-order valence-electron chi connectivity index (χ1n) is 10.7. The van der Waals surface area contributed by atoms with Gasteiger partial charge in [-0.1, -0.05) is 54.6 Å². The number of rotatable bonds is 4. The highest BCUT2D eigenvalue weighted by Gasteiger charge is 2.33. The average molecular weight is 436 g/mol. The second-order valence-electron chi connectivity index (χ2n) is 7.98. The summed E-state index contributed by atoms with van der Waals surface area (Å²) in [5.74, 6) is 2.36. The molecule has 1 N–H and O–H groups in total. The molecule has 0 bridgehead atoms. The molecule has 0 fully saturated rings. The van der Waals surface area contributed by atoms with Crippen molar-refractivity contribution in [3.05, 3.63) is 107 Å². The molecule has 7 nitrogen and oxygen atoms in total. The number of hydrogen-bond acceptors (Lipinski definition) is 6. The van der Waals surface area contributed by atoms with Crippen LogP contribution in [-0.4, -0.2) is 24.7 Å². The highest BCUT2D eigenvalue weighted by Crippen LogP contribution is 2.48. The van der Waals surface area contributed by atoms with Crippen LogP contribution in [0.1, 0.15) is 34.0 Å². The van der Waals surface area contributed by atoms with E-state index in [0.717, 1.165) is 28.0 Å². The van der Waals surface area contributed by atoms with Crippen molar-refractivity contribution in [3.8, 4) is 23.1 Å². The van der Waals surface area contributed by atoms with Gasteiger partial charge in [-0.05, 0) is 30.2 Å². The van der Waals surface area contributed by atoms with E-state index < -0.39 is 0 Å². The molecule has 0 spiro atoms. The van der Waals surface area contributed by atoms with Crippen LogP contribution in [0.3, 0.4) is 0 Å². The third kappa shape index (κ3) is 3.34. The predicted molar refractivity (Wildman–Crippen MR) is 122 cm³/mol. The summed E-state index contributed by atoms with van der Waals surface area (Å²) in [4.78, 5) is 9.31. The molecule has 1 atom stereocenters. The molecule has 3 heterocycles. The minimum atomic E-state index is -0.170. The molecule has 0 saturated heterocycles. The Hall–Kier alpha value is -4.39. The van der Waals surface area contributed by atoms with E-state index >= 15 is 0 Å². The topological polar surface area (TPSA) is 81.8 Å². The minimum absolute atomic E-state index is 0.142. The molecule has 0 saturated carbocycles. The summed E-state index contributed by atoms with van der Waals surface area (Å²) in [5.41, 5.74) is 4.55. The second-order valence-corrected chi connectivity index (χ2v) is 7.98. The van der Waals surface area contributed by atoms with E-state index in [1.165, 1.54) is 0 Å². The SMILES string of the molecule is Cc1ccccc1OCc1nc2c3c(ncn2n1)Oc1cc(O)ccc1[C@@H]3c1ccccc1. The van der Waals surface area contributed by atoms with Gasteiger partial charge in [-0.15, -0.1) is 5.10 Å². The second kappa shape index (κ2) is 7.63. The quantitative estimate of drug-likeness (QED) is 0.419. The van der Waals surface area contributed by atoms with Crippen molar-refractivity contribution in [2.45, 2.75) is 19.4 Å². The van der Waals surface area contributed by atoms with Crippen LogP contribution in [-0.2, 0) is 6.61 Å². The predicted octanol–water partition coefficient (Wildman–Crippen LogP) is 5.00. The van der Waals surface area contributed by atoms with Gasteiger partial charge in [-0.2, -0.15) is 0 Å². The zero-order valence-electron chi connectivity index (χ0n) is 17.8. The van der Waals surface area contributed by atoms with Gasteiger partial charge in [0.1, 0.15) is 30.2 Å². The maximum Gasteiger partial charge on any atom is 0.228 e. The van der Waals surface area contributed by atoms with Crippen molar-refractivity contribution in [3.63, 3.8) is 0 Å². The Kier molecular flexibility index (Phi) is 4.47. The molecule has 1 aliphatic heterocycles. The number of aromatic hydroxyl groups is 1. The zero-order chi connectivity index (χ0) is 22.4. The van der Waals surface area contributed by atoms with Gasteiger partial charge in [0.05, 0.1) is 5.56 Å². The van der Waals surface area contributed by atoms with Gasteiger partial charge in [-0.3, -0.25) is 0 Å². The van der Waals surface area contributed by atoms with E-state index in [9.17, 15) is 5.11 Å². The number of nitrogens with zero attached hydrogens (tertiary/aromatic N) is 4. The van der Waals surface area contributed by atoms with Crippen LogP contribution in [0.5, 0.6) is 23.1 Å². The monoisotopic (exact) mass is 436 g/mol. The number of phenolic OH excluding ortho intramolecular Hbond substituents is 1. The number of para-hydroxylation sites is 1. The lowest BCUT2D eigenvalue weighted by Gasteiger charge is -2.27. The molecule has 162 valence electrons. The fourth-order valence-electron chi connectivity index (χ4n) is 4.26. The summed E-state index contributed by atoms with van der Waals surface area (Å²) < 4.78 is 13.7. The van der Waals surface area contributed by atoms with Crippen LogP contribution in [0.2, 0.25) is 0 Å². The molecule has 3 aromatic carbocycles. The molecule has 2 aromatic heterocycles. The maximum absolute atomic E-state index is 10.00. The first-order valence-corrected chi connectivity index (χ1v) is 10.7. The summed E-state index contributed by atoms with van der Waals surface area (Å²) in [7, 11) is 0. The fourth-order valence-corrected chi connectivity index (χ4v) is 4.26. The van der Waals surface area contributed by atoms with Crippen LogP contribution in [0.25, 0.3) is 5.65 Å². The Balaban J connectivity index is 1.46. The van der Waals surface area contributed by atoms with E-state index in [1.54, 1.807) is 23.0 Å². The van der Waals surface area contributed by atoms with Crippen LogP contribution in [0.4, 0.5) is 0 Å². The van der Waals surface area contributed by atoms with E-state index in [2.05, 4.69) is 22.2 Å². The lowest BCUT2D eigenvalue weighted by molar-refractivity contribution is 0.294. The van der Waals surface area contributed by atoms with Gasteiger partial charge < -0.3 is 14.6 Å². The van der Waals surface area contributed by atoms with Gasteiger partial charge in [0, 0.05) is 17.5 Å². The summed E-state index contributed by atoms with van der Waals surface area (Å²) in [6, 6.07) is 23.1. The van der Waals surface area contributed by atoms with Crippen LogP contribution < -0.4 is 9.47 Å². The molecule has 33 heavy (non-hydrogen) atoms. The molecule has 0 amide bonds. The molecule has 6 rings (SSSR count). The third-order valence-corrected chi connectivity index (χ3v) is 5.82. The molecule has 0 aliphatic carbocycles. The maximum atomic E-state index is 10.00. The smallest absolute Gasteiger partial charge is 0.228 e. The first-order chi connectivity index (χ1) is 16.2. The molecular formula is C26H20N4O3. The van der Waals surface area contributed by atoms with Gasteiger partial charge in [0.15, 0.2) is 11.5 Å². The Bertz CT molecular complexity index is 1480. The Labute approximate surface area is 189 Å². The zero-order valence-corrected chi connectivity index (χ0v) is 17.8. The van der Waals surface area contributed by atoms with Gasteiger partial charge in [0.2, 0.25) is 5.88 Å². The molecule has 0 unspecified atom stereocenters. The van der Waals surface area contributed by atoms with Crippen molar-refractivity contribution < 1.29 is 14.6 Å². The number of benzene rings is 3. The first kappa shape index (κ1) is 19.3. The van der Waals surface area contributed by atoms with E-state index in [0.29, 0.717) is 23.1 Å². The molecule has 1 aliphatic rings. The third-order valence-electron chi connectivity index (χ3n) is 5.82. The molecular weight excluding hydrogens is 416 g/mol. The van der Waals surface area contributed by atoms with Crippen LogP contribution in [0, 0.1) is 6.92 Å². The van der Waals surface area contributed by atoms with Gasteiger partial charge >= 0.3 is 0 Å². The van der Waals surface area contributed by atoms with Crippen LogP contribution >= 0.6 is 0 Å². The minimum Gasteiger partial charge on any atom is -0.508 e. The lowest BCUT2D eigenvalue weighted by atomic mass is 9.84. The highest BCUT2D eigenvalue weighted by atomic mass is 16.5. The average Bonchev–Trinajstić information content (AvgIpc) is 3.26. The summed E-state index contributed by atoms with van der Waals surface area (Å²) >= 11 is 0. The van der Waals surface area contributed by atoms with Crippen molar-refractivity contribution in [1.82, 2.24) is 19.6 Å². The molecule has 0 radical (unpaired) electrons. The standard InChI is InChI=1S/C26H20N4O3/c1-16-7-5-6-10-20(16)32-14-22-28-25-24-23(17-8-3-2-4-9-17)19-12-11-18(31)13-21(19)33-26(24)27-15-30(25)29-22/h2-13,15,23,31H,14H2,1H3/t23-/m0/s1. The van der Waals surface area contributed by atoms with Gasteiger partial charge in [0.25, 0.3) is 0 Å². The summed E-state index contributed by atoms with van der Waals surface area (Å²) in [6.07, 6.45) is 1.59. The number of aryl methyl sites for hydroxylation is 1. The normalized spacial score (nSPS) is 14.4. The van der Waals surface area contributed by atoms with E-state index in [4.69, 9.17) is 14.5 Å². The van der Waals surface area contributed by atoms with Crippen molar-refractivity contribution in [2.24, 2.45) is 0 Å². The highest BCUT2D eigenvalue weighted by molar-refractivity contribution is 5.66. The summed E-state index contributed by atoms with van der Waals surface area (Å²) in [6.45, 7) is 2.24. The Morgan fingerprint density at radius 2 is 1.85 bits per heavy atom. The Morgan fingerprint density at radius 3 is 2.70 bits per heavy atom. The van der Waals surface area contributed by atoms with Gasteiger partial charge in [-0.25, -0.2) is 14.5 Å². The largest absolute Gasteiger partial charge is 0.508 e. The fraction of sp³-hybridized carbons (Fsp3) is 0.115. The number of phenols is 1. The number of aromatic nitrogens is 4. The van der Waals surface area contributed by atoms with Crippen molar-refractivity contribution in [1.29, 1.82) is 0 Å². The van der Waals surface area contributed by atoms with Crippen LogP contribution in [0.15, 0.2) is 79.1 Å². The number of ether oxygens (including phenoxy) is 2. The number of hydrogen-bond donors (Lipinski definition) is 1. The number of fused-ring (bicyclic) bond motifs is 4. The molecule has 7 heteroatoms.